The Bertz CT molecular complexity index is 78.5. The summed E-state index contributed by atoms with van der Waals surface area (Å²) >= 11 is 0. The van der Waals surface area contributed by atoms with E-state index in [0.29, 0.717) is 6.54 Å². The van der Waals surface area contributed by atoms with Gasteiger partial charge in [0.15, 0.2) is 0 Å². The molecule has 0 radical (unpaired) electrons. The number of hydrogen-bond donors (Lipinski definition) is 1. The number of hydrogen-bond acceptors (Lipinski definition) is 2. The van der Waals surface area contributed by atoms with Crippen molar-refractivity contribution in [2.75, 3.05) is 33.4 Å². The molecule has 0 bridgehead atoms. The Morgan fingerprint density at radius 1 is 1.18 bits per heavy atom. The highest BCUT2D eigenvalue weighted by molar-refractivity contribution is 4.51. The molecule has 0 atom stereocenters. The van der Waals surface area contributed by atoms with Crippen LogP contribution in [-0.4, -0.2) is 38.3 Å². The molecular formula is C8H19FN2. The fourth-order valence-electron chi connectivity index (χ4n) is 0.959. The molecule has 0 aromatic rings. The Labute approximate surface area is 68.6 Å². The lowest BCUT2D eigenvalue weighted by atomic mass is 10.2. The van der Waals surface area contributed by atoms with Crippen molar-refractivity contribution in [3.63, 3.8) is 0 Å². The Morgan fingerprint density at radius 2 is 1.91 bits per heavy atom. The normalized spacial score (nSPS) is 10.9. The molecular weight excluding hydrogens is 143 g/mol. The van der Waals surface area contributed by atoms with Gasteiger partial charge >= 0.3 is 0 Å². The number of rotatable bonds is 7. The van der Waals surface area contributed by atoms with Crippen LogP contribution in [0, 0.1) is 0 Å². The third-order valence-corrected chi connectivity index (χ3v) is 1.71. The second-order valence-corrected chi connectivity index (χ2v) is 2.84. The highest BCUT2D eigenvalue weighted by Crippen LogP contribution is 1.95. The average molecular weight is 162 g/mol. The zero-order valence-electron chi connectivity index (χ0n) is 7.35. The smallest absolute Gasteiger partial charge is 0.102 e. The van der Waals surface area contributed by atoms with Crippen LogP contribution in [0.15, 0.2) is 0 Å². The molecule has 0 heterocycles. The molecule has 0 rings (SSSR count). The lowest BCUT2D eigenvalue weighted by molar-refractivity contribution is 0.289. The standard InChI is InChI=1S/C8H19FN2/c1-11(8-5-9)7-4-2-3-6-10/h2-8,10H2,1H3. The van der Waals surface area contributed by atoms with E-state index in [9.17, 15) is 4.39 Å². The van der Waals surface area contributed by atoms with Gasteiger partial charge in [-0.25, -0.2) is 4.39 Å². The second-order valence-electron chi connectivity index (χ2n) is 2.84. The first-order chi connectivity index (χ1) is 5.31. The molecule has 0 fully saturated rings. The quantitative estimate of drug-likeness (QED) is 0.566. The van der Waals surface area contributed by atoms with Crippen molar-refractivity contribution < 1.29 is 4.39 Å². The van der Waals surface area contributed by atoms with E-state index in [1.54, 1.807) is 0 Å². The van der Waals surface area contributed by atoms with Crippen LogP contribution in [-0.2, 0) is 0 Å². The van der Waals surface area contributed by atoms with Crippen LogP contribution in [0.3, 0.4) is 0 Å². The monoisotopic (exact) mass is 162 g/mol. The second kappa shape index (κ2) is 7.95. The van der Waals surface area contributed by atoms with Gasteiger partial charge in [0.2, 0.25) is 0 Å². The molecule has 0 aromatic heterocycles. The van der Waals surface area contributed by atoms with E-state index >= 15 is 0 Å². The van der Waals surface area contributed by atoms with Gasteiger partial charge in [0.05, 0.1) is 0 Å². The Balaban J connectivity index is 2.97. The van der Waals surface area contributed by atoms with E-state index < -0.39 is 0 Å². The summed E-state index contributed by atoms with van der Waals surface area (Å²) in [5.41, 5.74) is 5.33. The molecule has 0 aliphatic heterocycles. The Morgan fingerprint density at radius 3 is 2.45 bits per heavy atom. The summed E-state index contributed by atoms with van der Waals surface area (Å²) < 4.78 is 11.8. The summed E-state index contributed by atoms with van der Waals surface area (Å²) in [7, 11) is 1.95. The number of unbranched alkanes of at least 4 members (excludes halogenated alkanes) is 2. The molecule has 0 aliphatic carbocycles. The summed E-state index contributed by atoms with van der Waals surface area (Å²) in [4.78, 5) is 2.01. The van der Waals surface area contributed by atoms with Gasteiger partial charge < -0.3 is 10.6 Å². The van der Waals surface area contributed by atoms with E-state index in [1.807, 2.05) is 11.9 Å². The van der Waals surface area contributed by atoms with Crippen molar-refractivity contribution in [1.29, 1.82) is 0 Å². The molecule has 11 heavy (non-hydrogen) atoms. The highest BCUT2D eigenvalue weighted by Gasteiger charge is 1.95. The fourth-order valence-corrected chi connectivity index (χ4v) is 0.959. The lowest BCUT2D eigenvalue weighted by Crippen LogP contribution is -2.22. The first-order valence-corrected chi connectivity index (χ1v) is 4.26. The van der Waals surface area contributed by atoms with Crippen LogP contribution < -0.4 is 5.73 Å². The maximum Gasteiger partial charge on any atom is 0.102 e. The molecule has 68 valence electrons. The van der Waals surface area contributed by atoms with Gasteiger partial charge in [-0.05, 0) is 33.0 Å². The van der Waals surface area contributed by atoms with Gasteiger partial charge in [-0.2, -0.15) is 0 Å². The molecule has 0 saturated carbocycles. The maximum absolute atomic E-state index is 11.8. The van der Waals surface area contributed by atoms with Gasteiger partial charge in [0.1, 0.15) is 6.67 Å². The van der Waals surface area contributed by atoms with E-state index in [-0.39, 0.29) is 6.67 Å². The zero-order chi connectivity index (χ0) is 8.53. The number of alkyl halides is 1. The van der Waals surface area contributed by atoms with Crippen molar-refractivity contribution in [2.24, 2.45) is 5.73 Å². The molecule has 2 N–H and O–H groups in total. The van der Waals surface area contributed by atoms with Gasteiger partial charge in [0.25, 0.3) is 0 Å². The first-order valence-electron chi connectivity index (χ1n) is 4.26. The van der Waals surface area contributed by atoms with Crippen LogP contribution in [0.2, 0.25) is 0 Å². The number of nitrogens with two attached hydrogens (primary N) is 1. The summed E-state index contributed by atoms with van der Waals surface area (Å²) in [6, 6.07) is 0. The predicted molar refractivity (Wildman–Crippen MR) is 46.4 cm³/mol. The van der Waals surface area contributed by atoms with Crippen LogP contribution >= 0.6 is 0 Å². The van der Waals surface area contributed by atoms with E-state index in [4.69, 9.17) is 5.73 Å². The van der Waals surface area contributed by atoms with Gasteiger partial charge in [-0.15, -0.1) is 0 Å². The van der Waals surface area contributed by atoms with Crippen LogP contribution in [0.5, 0.6) is 0 Å². The summed E-state index contributed by atoms with van der Waals surface area (Å²) in [5, 5.41) is 0. The molecule has 0 unspecified atom stereocenters. The van der Waals surface area contributed by atoms with E-state index in [1.165, 1.54) is 0 Å². The number of nitrogens with zero attached hydrogens (tertiary/aromatic N) is 1. The van der Waals surface area contributed by atoms with Crippen LogP contribution in [0.1, 0.15) is 19.3 Å². The SMILES string of the molecule is CN(CCF)CCCCCN. The summed E-state index contributed by atoms with van der Waals surface area (Å²) in [6.07, 6.45) is 3.38. The zero-order valence-corrected chi connectivity index (χ0v) is 7.35. The van der Waals surface area contributed by atoms with E-state index in [0.717, 1.165) is 32.4 Å². The Hall–Kier alpha value is -0.150. The fraction of sp³-hybridized carbons (Fsp3) is 1.00. The molecule has 3 heteroatoms. The predicted octanol–water partition coefficient (Wildman–Crippen LogP) is 1.02. The third-order valence-electron chi connectivity index (χ3n) is 1.71. The first kappa shape index (κ1) is 10.8. The van der Waals surface area contributed by atoms with Gasteiger partial charge in [0, 0.05) is 6.54 Å². The molecule has 0 aliphatic rings. The lowest BCUT2D eigenvalue weighted by Gasteiger charge is -2.13. The minimum Gasteiger partial charge on any atom is -0.330 e. The van der Waals surface area contributed by atoms with E-state index in [2.05, 4.69) is 0 Å². The van der Waals surface area contributed by atoms with Crippen molar-refractivity contribution in [1.82, 2.24) is 4.90 Å². The number of halogens is 1. The van der Waals surface area contributed by atoms with Crippen LogP contribution in [0.25, 0.3) is 0 Å². The van der Waals surface area contributed by atoms with Crippen LogP contribution in [0.4, 0.5) is 4.39 Å². The topological polar surface area (TPSA) is 29.3 Å². The van der Waals surface area contributed by atoms with Crippen molar-refractivity contribution in [3.8, 4) is 0 Å². The van der Waals surface area contributed by atoms with Crippen molar-refractivity contribution in [3.05, 3.63) is 0 Å². The molecule has 0 aromatic carbocycles. The third kappa shape index (κ3) is 7.75. The molecule has 0 amide bonds. The van der Waals surface area contributed by atoms with Crippen molar-refractivity contribution >= 4 is 0 Å². The highest BCUT2D eigenvalue weighted by atomic mass is 19.1. The minimum atomic E-state index is -0.243. The molecule has 0 saturated heterocycles. The average Bonchev–Trinajstić information content (AvgIpc) is 1.99. The van der Waals surface area contributed by atoms with Gasteiger partial charge in [-0.3, -0.25) is 0 Å². The Kier molecular flexibility index (Phi) is 7.84. The summed E-state index contributed by atoms with van der Waals surface area (Å²) in [6.45, 7) is 2.08. The van der Waals surface area contributed by atoms with Crippen molar-refractivity contribution in [2.45, 2.75) is 19.3 Å². The summed E-state index contributed by atoms with van der Waals surface area (Å²) in [5.74, 6) is 0. The molecule has 0 spiro atoms. The van der Waals surface area contributed by atoms with Gasteiger partial charge in [-0.1, -0.05) is 6.42 Å². The maximum atomic E-state index is 11.8. The largest absolute Gasteiger partial charge is 0.330 e. The minimum absolute atomic E-state index is 0.243. The molecule has 2 nitrogen and oxygen atoms in total.